The zero-order valence-corrected chi connectivity index (χ0v) is 13.3. The lowest BCUT2D eigenvalue weighted by atomic mass is 10.3. The average Bonchev–Trinajstić information content (AvgIpc) is 2.68. The van der Waals surface area contributed by atoms with Gasteiger partial charge in [-0.05, 0) is 25.8 Å². The Labute approximate surface area is 168 Å². The van der Waals surface area contributed by atoms with Crippen LogP contribution in [0.4, 0.5) is 38.2 Å². The second-order valence-electron chi connectivity index (χ2n) is 4.50. The highest BCUT2D eigenvalue weighted by molar-refractivity contribution is 6.29. The van der Waals surface area contributed by atoms with Gasteiger partial charge >= 0.3 is 12.4 Å². The quantitative estimate of drug-likeness (QED) is 0.550. The van der Waals surface area contributed by atoms with Gasteiger partial charge in [0.05, 0.1) is 5.48 Å². The molecule has 6 nitrogen and oxygen atoms in total. The number of halogens is 7. The van der Waals surface area contributed by atoms with Gasteiger partial charge in [-0.25, -0.2) is 4.98 Å². The summed E-state index contributed by atoms with van der Waals surface area (Å²) >= 11 is 5.67. The minimum absolute atomic E-state index is 0.634. The van der Waals surface area contributed by atoms with Crippen molar-refractivity contribution in [3.8, 4) is 11.5 Å². The Morgan fingerprint density at radius 2 is 1.52 bits per heavy atom. The maximum atomic E-state index is 13.5. The maximum absolute atomic E-state index is 13.5. The SMILES string of the molecule is [2H]c1cc(-c2nc(NC([2H])(C([2H])([2H])[2H])C(F)(F)F)nc(NC([2H])(C([2H])([2H])[2H])C(F)(F)F)n2)nc(Cl)c1[2H]. The Kier molecular flexibility index (Phi) is 3.09. The van der Waals surface area contributed by atoms with E-state index in [2.05, 4.69) is 19.9 Å². The van der Waals surface area contributed by atoms with Crippen LogP contribution in [0.1, 0.15) is 27.4 Å². The molecule has 2 atom stereocenters. The summed E-state index contributed by atoms with van der Waals surface area (Å²) in [5, 5.41) is 1.60. The molecule has 13 heteroatoms. The van der Waals surface area contributed by atoms with Crippen molar-refractivity contribution in [1.82, 2.24) is 19.9 Å². The molecule has 2 aromatic heterocycles. The molecule has 2 heterocycles. The number of rotatable bonds is 5. The number of pyridine rings is 1. The Morgan fingerprint density at radius 1 is 1.00 bits per heavy atom. The number of alkyl halides is 6. The molecule has 0 aliphatic heterocycles. The van der Waals surface area contributed by atoms with Crippen LogP contribution < -0.4 is 10.6 Å². The molecule has 0 bridgehead atoms. The standard InChI is InChI=1S/C14H13ClF6N6/c1-6(13(16,17)18)22-11-25-10(8-4-3-5-9(15)24-8)26-12(27-11)23-7(2)14(19,20)21/h3-7H,1-2H3,(H2,22,23,25,26,27)/i1D3,2D3,3D,5D,6D,7D. The third-order valence-electron chi connectivity index (χ3n) is 2.51. The minimum Gasteiger partial charge on any atom is -0.343 e. The zero-order valence-electron chi connectivity index (χ0n) is 22.5. The third-order valence-corrected chi connectivity index (χ3v) is 2.69. The summed E-state index contributed by atoms with van der Waals surface area (Å²) in [6.07, 6.45) is -11.7. The second-order valence-corrected chi connectivity index (χ2v) is 4.86. The van der Waals surface area contributed by atoms with E-state index in [0.717, 1.165) is 10.6 Å². The van der Waals surface area contributed by atoms with Gasteiger partial charge in [0.1, 0.15) is 22.9 Å². The predicted molar refractivity (Wildman–Crippen MR) is 86.3 cm³/mol. The Bertz CT molecular complexity index is 1060. The summed E-state index contributed by atoms with van der Waals surface area (Å²) in [4.78, 5) is 13.5. The largest absolute Gasteiger partial charge is 0.408 e. The molecule has 0 saturated heterocycles. The molecule has 0 amide bonds. The van der Waals surface area contributed by atoms with E-state index in [4.69, 9.17) is 25.3 Å². The fourth-order valence-corrected chi connectivity index (χ4v) is 1.56. The van der Waals surface area contributed by atoms with Crippen molar-refractivity contribution in [3.63, 3.8) is 0 Å². The summed E-state index contributed by atoms with van der Waals surface area (Å²) in [6, 6.07) is -9.64. The first-order chi connectivity index (χ1) is 16.3. The lowest BCUT2D eigenvalue weighted by Gasteiger charge is -2.20. The summed E-state index contributed by atoms with van der Waals surface area (Å²) in [5.74, 6) is -3.98. The van der Waals surface area contributed by atoms with E-state index < -0.39 is 78.7 Å². The van der Waals surface area contributed by atoms with E-state index in [0.29, 0.717) is 6.07 Å². The van der Waals surface area contributed by atoms with Crippen molar-refractivity contribution in [3.05, 3.63) is 23.3 Å². The summed E-state index contributed by atoms with van der Waals surface area (Å²) < 4.78 is 154. The van der Waals surface area contributed by atoms with Crippen molar-refractivity contribution >= 4 is 23.5 Å². The van der Waals surface area contributed by atoms with Gasteiger partial charge < -0.3 is 10.6 Å². The van der Waals surface area contributed by atoms with Gasteiger partial charge in [-0.3, -0.25) is 0 Å². The lowest BCUT2D eigenvalue weighted by Crippen LogP contribution is -2.35. The number of hydrogen-bond donors (Lipinski definition) is 2. The van der Waals surface area contributed by atoms with Crippen LogP contribution in [0.3, 0.4) is 0 Å². The van der Waals surface area contributed by atoms with Crippen molar-refractivity contribution in [2.45, 2.75) is 38.1 Å². The second kappa shape index (κ2) is 7.71. The molecular formula is C14H13ClF6N6. The van der Waals surface area contributed by atoms with Gasteiger partial charge in [0.25, 0.3) is 0 Å². The van der Waals surface area contributed by atoms with Crippen LogP contribution in [-0.2, 0) is 0 Å². The topological polar surface area (TPSA) is 75.6 Å². The smallest absolute Gasteiger partial charge is 0.343 e. The van der Waals surface area contributed by atoms with Crippen molar-refractivity contribution in [2.75, 3.05) is 10.6 Å². The third kappa shape index (κ3) is 5.81. The maximum Gasteiger partial charge on any atom is 0.408 e. The molecule has 0 fully saturated rings. The van der Waals surface area contributed by atoms with E-state index >= 15 is 0 Å². The summed E-state index contributed by atoms with van der Waals surface area (Å²) in [6.45, 7) is -8.31. The van der Waals surface area contributed by atoms with Crippen LogP contribution >= 0.6 is 11.6 Å². The van der Waals surface area contributed by atoms with Crippen LogP contribution in [0.2, 0.25) is 5.15 Å². The summed E-state index contributed by atoms with van der Waals surface area (Å²) in [5.41, 5.74) is -0.646. The van der Waals surface area contributed by atoms with E-state index in [1.165, 1.54) is 0 Å². The number of aromatic nitrogens is 4. The van der Waals surface area contributed by atoms with Crippen molar-refractivity contribution in [2.24, 2.45) is 0 Å². The molecule has 0 spiro atoms. The molecule has 2 aromatic rings. The highest BCUT2D eigenvalue weighted by Gasteiger charge is 2.38. The van der Waals surface area contributed by atoms with Gasteiger partial charge in [-0.2, -0.15) is 41.3 Å². The zero-order chi connectivity index (χ0) is 29.0. The van der Waals surface area contributed by atoms with Crippen LogP contribution in [0, 0.1) is 0 Å². The van der Waals surface area contributed by atoms with Crippen LogP contribution in [0.25, 0.3) is 11.5 Å². The van der Waals surface area contributed by atoms with Gasteiger partial charge in [0.15, 0.2) is 5.82 Å². The lowest BCUT2D eigenvalue weighted by molar-refractivity contribution is -0.139. The predicted octanol–water partition coefficient (Wildman–Crippen LogP) is 4.31. The number of nitrogens with zero attached hydrogens (tertiary/aromatic N) is 4. The normalized spacial score (nSPS) is 23.2. The minimum atomic E-state index is -5.84. The number of anilines is 2. The molecule has 2 N–H and O–H groups in total. The first-order valence-electron chi connectivity index (χ1n) is 11.4. The summed E-state index contributed by atoms with van der Waals surface area (Å²) in [7, 11) is 0. The van der Waals surface area contributed by atoms with Crippen molar-refractivity contribution in [1.29, 1.82) is 0 Å². The number of nitrogens with one attached hydrogen (secondary N) is 2. The highest BCUT2D eigenvalue weighted by Crippen LogP contribution is 2.26. The van der Waals surface area contributed by atoms with Crippen LogP contribution in [0.15, 0.2) is 18.2 Å². The van der Waals surface area contributed by atoms with Gasteiger partial charge in [-0.1, -0.05) is 17.6 Å². The van der Waals surface area contributed by atoms with E-state index in [9.17, 15) is 26.3 Å². The molecule has 0 aliphatic carbocycles. The van der Waals surface area contributed by atoms with Gasteiger partial charge in [0, 0.05) is 8.22 Å². The Morgan fingerprint density at radius 3 is 1.93 bits per heavy atom. The molecule has 27 heavy (non-hydrogen) atoms. The Hall–Kier alpha value is -2.37. The molecular weight excluding hydrogens is 402 g/mol. The Balaban J connectivity index is 2.82. The fraction of sp³-hybridized carbons (Fsp3) is 0.429. The molecule has 0 radical (unpaired) electrons. The molecule has 2 rings (SSSR count). The van der Waals surface area contributed by atoms with Gasteiger partial charge in [-0.15, -0.1) is 0 Å². The van der Waals surface area contributed by atoms with Crippen molar-refractivity contribution < 1.29 is 40.1 Å². The first kappa shape index (κ1) is 10.8. The fourth-order valence-electron chi connectivity index (χ4n) is 1.41. The average molecular weight is 425 g/mol. The highest BCUT2D eigenvalue weighted by atomic mass is 35.5. The van der Waals surface area contributed by atoms with E-state index in [1.807, 2.05) is 0 Å². The molecule has 148 valence electrons. The molecule has 2 unspecified atom stereocenters. The van der Waals surface area contributed by atoms with E-state index in [-0.39, 0.29) is 0 Å². The van der Waals surface area contributed by atoms with Crippen LogP contribution in [-0.4, -0.2) is 44.3 Å². The molecule has 0 aliphatic rings. The monoisotopic (exact) mass is 424 g/mol. The van der Waals surface area contributed by atoms with E-state index in [1.54, 1.807) is 0 Å². The first-order valence-corrected chi connectivity index (χ1v) is 6.82. The number of hydrogen-bond acceptors (Lipinski definition) is 6. The van der Waals surface area contributed by atoms with Gasteiger partial charge in [0.2, 0.25) is 11.9 Å². The molecule has 0 aromatic carbocycles. The van der Waals surface area contributed by atoms with Crippen LogP contribution in [0.5, 0.6) is 0 Å². The molecule has 0 saturated carbocycles.